The van der Waals surface area contributed by atoms with E-state index >= 15 is 0 Å². The molecule has 3 fully saturated rings. The summed E-state index contributed by atoms with van der Waals surface area (Å²) in [6.07, 6.45) is 6.64. The number of anilines is 1. The molecule has 2 bridgehead atoms. The number of hydrogen-bond acceptors (Lipinski definition) is 6. The Morgan fingerprint density at radius 3 is 2.75 bits per heavy atom. The normalized spacial score (nSPS) is 25.8. The highest BCUT2D eigenvalue weighted by molar-refractivity contribution is 7.90. The maximum Gasteiger partial charge on any atom is 0.322 e. The zero-order chi connectivity index (χ0) is 23.1. The molecule has 4 atom stereocenters. The molecule has 1 aromatic heterocycles. The summed E-state index contributed by atoms with van der Waals surface area (Å²) in [7, 11) is -3.11. The molecule has 9 nitrogen and oxygen atoms in total. The summed E-state index contributed by atoms with van der Waals surface area (Å²) in [5.74, 6) is 0.430. The fourth-order valence-corrected chi connectivity index (χ4v) is 5.66. The van der Waals surface area contributed by atoms with Crippen molar-refractivity contribution in [1.82, 2.24) is 19.9 Å². The first-order chi connectivity index (χ1) is 15.1. The van der Waals surface area contributed by atoms with Crippen molar-refractivity contribution < 1.29 is 17.9 Å². The zero-order valence-corrected chi connectivity index (χ0v) is 19.9. The SMILES string of the molecule is C[C@H]1C[C@@H]2C[C@]([C@H](C)OCCS(C)(=O)=O)(C1)N2C(=O)Nc1ccc(Cl)c(-n2nccn2)c1. The molecule has 2 aromatic rings. The van der Waals surface area contributed by atoms with E-state index in [1.165, 1.54) is 11.1 Å². The van der Waals surface area contributed by atoms with Gasteiger partial charge in [0, 0.05) is 18.0 Å². The largest absolute Gasteiger partial charge is 0.375 e. The van der Waals surface area contributed by atoms with E-state index in [1.807, 2.05) is 11.8 Å². The Labute approximate surface area is 193 Å². The monoisotopic (exact) mass is 481 g/mol. The Kier molecular flexibility index (Phi) is 6.21. The van der Waals surface area contributed by atoms with Gasteiger partial charge in [-0.3, -0.25) is 0 Å². The van der Waals surface area contributed by atoms with Crippen molar-refractivity contribution in [2.45, 2.75) is 50.8 Å². The van der Waals surface area contributed by atoms with Crippen LogP contribution in [0.4, 0.5) is 10.5 Å². The summed E-state index contributed by atoms with van der Waals surface area (Å²) >= 11 is 6.28. The van der Waals surface area contributed by atoms with Crippen molar-refractivity contribution in [3.8, 4) is 5.69 Å². The van der Waals surface area contributed by atoms with Gasteiger partial charge < -0.3 is 15.0 Å². The molecule has 2 saturated heterocycles. The molecule has 1 N–H and O–H groups in total. The van der Waals surface area contributed by atoms with Gasteiger partial charge in [0.2, 0.25) is 0 Å². The summed E-state index contributed by atoms with van der Waals surface area (Å²) in [5.41, 5.74) is 0.715. The molecule has 0 spiro atoms. The number of rotatable bonds is 7. The molecule has 5 rings (SSSR count). The van der Waals surface area contributed by atoms with Crippen LogP contribution < -0.4 is 5.32 Å². The molecule has 0 radical (unpaired) electrons. The third kappa shape index (κ3) is 4.49. The number of carbonyl (C=O) groups excluding carboxylic acids is 1. The lowest BCUT2D eigenvalue weighted by Gasteiger charge is -2.65. The first kappa shape index (κ1) is 23.0. The second-order valence-electron chi connectivity index (χ2n) is 8.93. The number of carbonyl (C=O) groups is 1. The Morgan fingerprint density at radius 2 is 2.06 bits per heavy atom. The van der Waals surface area contributed by atoms with Gasteiger partial charge in [-0.2, -0.15) is 15.0 Å². The number of nitrogens with one attached hydrogen (secondary N) is 1. The van der Waals surface area contributed by atoms with Gasteiger partial charge >= 0.3 is 6.03 Å². The van der Waals surface area contributed by atoms with Crippen LogP contribution in [0.1, 0.15) is 33.1 Å². The minimum Gasteiger partial charge on any atom is -0.375 e. The molecule has 2 aliphatic heterocycles. The Balaban J connectivity index is 1.50. The average Bonchev–Trinajstić information content (AvgIpc) is 3.22. The number of halogens is 1. The van der Waals surface area contributed by atoms with Crippen LogP contribution >= 0.6 is 11.6 Å². The van der Waals surface area contributed by atoms with E-state index in [2.05, 4.69) is 22.4 Å². The number of sulfone groups is 1. The Hall–Kier alpha value is -2.17. The number of urea groups is 1. The summed E-state index contributed by atoms with van der Waals surface area (Å²) < 4.78 is 28.9. The summed E-state index contributed by atoms with van der Waals surface area (Å²) in [6, 6.07) is 5.11. The van der Waals surface area contributed by atoms with E-state index < -0.39 is 15.4 Å². The molecule has 3 heterocycles. The predicted octanol–water partition coefficient (Wildman–Crippen LogP) is 3.15. The standard InChI is InChI=1S/C21H28ClN5O4S/c1-14-10-17-13-21(12-14,15(2)31-8-9-32(3,29)30)26(17)20(28)25-16-4-5-18(22)19(11-16)27-23-6-7-24-27/h4-7,11,14-15,17H,8-10,12-13H2,1-3H3,(H,25,28)/t14-,15-,17+,21-/m0/s1. The minimum absolute atomic E-state index is 0.0341. The lowest BCUT2D eigenvalue weighted by atomic mass is 9.62. The molecule has 11 heteroatoms. The summed E-state index contributed by atoms with van der Waals surface area (Å²) in [6.45, 7) is 4.23. The van der Waals surface area contributed by atoms with Crippen LogP contribution in [0.5, 0.6) is 0 Å². The second kappa shape index (κ2) is 8.64. The van der Waals surface area contributed by atoms with Crippen LogP contribution in [0.2, 0.25) is 5.02 Å². The van der Waals surface area contributed by atoms with Crippen LogP contribution in [0.3, 0.4) is 0 Å². The Bertz CT molecular complexity index is 1090. The van der Waals surface area contributed by atoms with Crippen LogP contribution in [-0.4, -0.2) is 70.6 Å². The third-order valence-electron chi connectivity index (χ3n) is 6.44. The van der Waals surface area contributed by atoms with Crippen LogP contribution in [0.15, 0.2) is 30.6 Å². The van der Waals surface area contributed by atoms with E-state index in [4.69, 9.17) is 16.3 Å². The number of fused-ring (bicyclic) bond motifs is 2. The lowest BCUT2D eigenvalue weighted by Crippen LogP contribution is -2.76. The van der Waals surface area contributed by atoms with Crippen LogP contribution in [0.25, 0.3) is 5.69 Å². The fourth-order valence-electron chi connectivity index (χ4n) is 5.07. The highest BCUT2D eigenvalue weighted by Gasteiger charge is 2.61. The first-order valence-electron chi connectivity index (χ1n) is 10.6. The van der Waals surface area contributed by atoms with Crippen molar-refractivity contribution in [2.75, 3.05) is 23.9 Å². The lowest BCUT2D eigenvalue weighted by molar-refractivity contribution is -0.162. The molecule has 0 unspecified atom stereocenters. The van der Waals surface area contributed by atoms with Crippen molar-refractivity contribution in [3.63, 3.8) is 0 Å². The van der Waals surface area contributed by atoms with E-state index in [-0.39, 0.29) is 30.5 Å². The van der Waals surface area contributed by atoms with E-state index in [0.29, 0.717) is 22.3 Å². The second-order valence-corrected chi connectivity index (χ2v) is 11.6. The quantitative estimate of drug-likeness (QED) is 0.651. The summed E-state index contributed by atoms with van der Waals surface area (Å²) in [5, 5.41) is 11.7. The average molecular weight is 482 g/mol. The maximum absolute atomic E-state index is 13.3. The van der Waals surface area contributed by atoms with Gasteiger partial charge in [-0.1, -0.05) is 18.5 Å². The van der Waals surface area contributed by atoms with Gasteiger partial charge in [-0.05, 0) is 50.3 Å². The number of piperidine rings is 1. The van der Waals surface area contributed by atoms with Gasteiger partial charge in [0.05, 0.1) is 41.4 Å². The van der Waals surface area contributed by atoms with Crippen molar-refractivity contribution >= 4 is 33.2 Å². The summed E-state index contributed by atoms with van der Waals surface area (Å²) in [4.78, 5) is 16.6. The van der Waals surface area contributed by atoms with Crippen LogP contribution in [-0.2, 0) is 14.6 Å². The van der Waals surface area contributed by atoms with Gasteiger partial charge in [0.15, 0.2) is 0 Å². The number of amides is 2. The molecule has 32 heavy (non-hydrogen) atoms. The molecule has 1 aromatic carbocycles. The molecule has 1 aliphatic carbocycles. The van der Waals surface area contributed by atoms with Gasteiger partial charge in [0.25, 0.3) is 0 Å². The number of nitrogens with zero attached hydrogens (tertiary/aromatic N) is 4. The molecule has 174 valence electrons. The molecule has 2 amide bonds. The molecule has 3 aliphatic rings. The van der Waals surface area contributed by atoms with E-state index in [1.54, 1.807) is 30.6 Å². The molecular weight excluding hydrogens is 454 g/mol. The van der Waals surface area contributed by atoms with E-state index in [9.17, 15) is 13.2 Å². The van der Waals surface area contributed by atoms with Crippen molar-refractivity contribution in [3.05, 3.63) is 35.6 Å². The molecule has 1 saturated carbocycles. The predicted molar refractivity (Wildman–Crippen MR) is 122 cm³/mol. The van der Waals surface area contributed by atoms with Crippen molar-refractivity contribution in [1.29, 1.82) is 0 Å². The number of hydrogen-bond donors (Lipinski definition) is 1. The molecular formula is C21H28ClN5O4S. The third-order valence-corrected chi connectivity index (χ3v) is 7.67. The van der Waals surface area contributed by atoms with Gasteiger partial charge in [0.1, 0.15) is 15.5 Å². The topological polar surface area (TPSA) is 106 Å². The maximum atomic E-state index is 13.3. The van der Waals surface area contributed by atoms with Crippen molar-refractivity contribution in [2.24, 2.45) is 5.92 Å². The zero-order valence-electron chi connectivity index (χ0n) is 18.4. The number of ether oxygens (including phenoxy) is 1. The highest BCUT2D eigenvalue weighted by Crippen LogP contribution is 2.52. The minimum atomic E-state index is -3.11. The smallest absolute Gasteiger partial charge is 0.322 e. The van der Waals surface area contributed by atoms with Gasteiger partial charge in [-0.25, -0.2) is 13.2 Å². The highest BCUT2D eigenvalue weighted by atomic mass is 35.5. The first-order valence-corrected chi connectivity index (χ1v) is 13.1. The Morgan fingerprint density at radius 1 is 1.34 bits per heavy atom. The number of benzene rings is 1. The van der Waals surface area contributed by atoms with Gasteiger partial charge in [-0.15, -0.1) is 0 Å². The van der Waals surface area contributed by atoms with Crippen LogP contribution in [0, 0.1) is 5.92 Å². The van der Waals surface area contributed by atoms with E-state index in [0.717, 1.165) is 19.3 Å². The number of aromatic nitrogens is 3. The fraction of sp³-hybridized carbons (Fsp3) is 0.571.